The van der Waals surface area contributed by atoms with E-state index >= 15 is 0 Å². The molecule has 0 spiro atoms. The Hall–Kier alpha value is -2.35. The average molecular weight is 335 g/mol. The number of aromatic nitrogens is 1. The number of carbonyl (C=O) groups excluding carboxylic acids is 1. The van der Waals surface area contributed by atoms with Crippen molar-refractivity contribution in [1.82, 2.24) is 4.98 Å². The number of hydrogen-bond acceptors (Lipinski definition) is 6. The van der Waals surface area contributed by atoms with Gasteiger partial charge in [-0.2, -0.15) is 0 Å². The van der Waals surface area contributed by atoms with Crippen molar-refractivity contribution in [1.29, 1.82) is 0 Å². The summed E-state index contributed by atoms with van der Waals surface area (Å²) in [4.78, 5) is 18.0. The minimum atomic E-state index is -2.93. The van der Waals surface area contributed by atoms with Crippen LogP contribution in [0.4, 0.5) is 11.5 Å². The summed E-state index contributed by atoms with van der Waals surface area (Å²) in [6.45, 7) is 0. The summed E-state index contributed by atoms with van der Waals surface area (Å²) in [5, 5.41) is 2.68. The monoisotopic (exact) mass is 335 g/mol. The normalized spacial score (nSPS) is 19.4. The molecule has 2 aromatic heterocycles. The van der Waals surface area contributed by atoms with Gasteiger partial charge in [-0.05, 0) is 30.7 Å². The molecule has 1 amide bonds. The molecule has 1 N–H and O–H groups in total. The van der Waals surface area contributed by atoms with E-state index in [-0.39, 0.29) is 29.2 Å². The van der Waals surface area contributed by atoms with Gasteiger partial charge in [-0.15, -0.1) is 0 Å². The van der Waals surface area contributed by atoms with Gasteiger partial charge in [-0.25, -0.2) is 13.4 Å². The van der Waals surface area contributed by atoms with Crippen LogP contribution in [0, 0.1) is 0 Å². The van der Waals surface area contributed by atoms with E-state index in [0.717, 1.165) is 0 Å². The molecular formula is C15H17N3O4S. The molecule has 1 fully saturated rings. The summed E-state index contributed by atoms with van der Waals surface area (Å²) in [5.74, 6) is 0.923. The highest BCUT2D eigenvalue weighted by Gasteiger charge is 2.31. The molecule has 23 heavy (non-hydrogen) atoms. The second kappa shape index (κ2) is 6.04. The molecule has 3 rings (SSSR count). The van der Waals surface area contributed by atoms with Crippen molar-refractivity contribution in [3.05, 3.63) is 42.5 Å². The lowest BCUT2D eigenvalue weighted by Crippen LogP contribution is -2.33. The molecule has 1 atom stereocenters. The van der Waals surface area contributed by atoms with E-state index in [9.17, 15) is 13.2 Å². The molecule has 1 saturated heterocycles. The molecule has 1 aliphatic rings. The van der Waals surface area contributed by atoms with Crippen molar-refractivity contribution in [2.75, 3.05) is 28.8 Å². The molecule has 2 aromatic rings. The van der Waals surface area contributed by atoms with Crippen LogP contribution < -0.4 is 10.2 Å². The van der Waals surface area contributed by atoms with E-state index < -0.39 is 9.84 Å². The number of carbonyl (C=O) groups is 1. The second-order valence-electron chi connectivity index (χ2n) is 5.50. The zero-order chi connectivity index (χ0) is 16.4. The van der Waals surface area contributed by atoms with Gasteiger partial charge in [-0.1, -0.05) is 0 Å². The third kappa shape index (κ3) is 3.53. The summed E-state index contributed by atoms with van der Waals surface area (Å²) in [7, 11) is -1.11. The van der Waals surface area contributed by atoms with Gasteiger partial charge in [0.05, 0.1) is 29.7 Å². The summed E-state index contributed by atoms with van der Waals surface area (Å²) in [5.41, 5.74) is 0.544. The molecular weight excluding hydrogens is 318 g/mol. The van der Waals surface area contributed by atoms with E-state index in [1.54, 1.807) is 24.3 Å². The van der Waals surface area contributed by atoms with Crippen molar-refractivity contribution < 1.29 is 17.6 Å². The lowest BCUT2D eigenvalue weighted by atomic mass is 10.2. The smallest absolute Gasteiger partial charge is 0.291 e. The minimum absolute atomic E-state index is 0.0592. The Bertz CT molecular complexity index is 785. The number of amides is 1. The Morgan fingerprint density at radius 2 is 2.22 bits per heavy atom. The van der Waals surface area contributed by atoms with Gasteiger partial charge in [0.1, 0.15) is 5.82 Å². The molecule has 0 radical (unpaired) electrons. The van der Waals surface area contributed by atoms with Crippen LogP contribution >= 0.6 is 0 Å². The van der Waals surface area contributed by atoms with E-state index in [0.29, 0.717) is 17.9 Å². The minimum Gasteiger partial charge on any atom is -0.459 e. The van der Waals surface area contributed by atoms with Crippen LogP contribution in [-0.4, -0.2) is 43.9 Å². The van der Waals surface area contributed by atoms with Crippen LogP contribution in [0.3, 0.4) is 0 Å². The van der Waals surface area contributed by atoms with Crippen molar-refractivity contribution in [3.63, 3.8) is 0 Å². The zero-order valence-electron chi connectivity index (χ0n) is 12.6. The van der Waals surface area contributed by atoms with E-state index in [4.69, 9.17) is 4.42 Å². The third-order valence-electron chi connectivity index (χ3n) is 3.87. The van der Waals surface area contributed by atoms with Crippen LogP contribution in [0.5, 0.6) is 0 Å². The van der Waals surface area contributed by atoms with E-state index in [1.165, 1.54) is 12.5 Å². The predicted octanol–water partition coefficient (Wildman–Crippen LogP) is 1.55. The number of furan rings is 1. The third-order valence-corrected chi connectivity index (χ3v) is 5.62. The number of nitrogens with zero attached hydrogens (tertiary/aromatic N) is 2. The number of hydrogen-bond donors (Lipinski definition) is 1. The number of nitrogens with one attached hydrogen (secondary N) is 1. The highest BCUT2D eigenvalue weighted by molar-refractivity contribution is 7.91. The Morgan fingerprint density at radius 1 is 1.39 bits per heavy atom. The first kappa shape index (κ1) is 15.5. The first-order valence-corrected chi connectivity index (χ1v) is 9.01. The maximum absolute atomic E-state index is 11.9. The predicted molar refractivity (Wildman–Crippen MR) is 86.4 cm³/mol. The molecule has 3 heterocycles. The van der Waals surface area contributed by atoms with Crippen LogP contribution in [0.2, 0.25) is 0 Å². The Balaban J connectivity index is 1.66. The van der Waals surface area contributed by atoms with Gasteiger partial charge >= 0.3 is 0 Å². The van der Waals surface area contributed by atoms with Gasteiger partial charge in [0.15, 0.2) is 15.6 Å². The SMILES string of the molecule is CN(c1ccc(NC(=O)c2ccco2)cn1)C1CCS(=O)(=O)C1. The average Bonchev–Trinajstić information content (AvgIpc) is 3.17. The molecule has 8 heteroatoms. The molecule has 1 aliphatic heterocycles. The fourth-order valence-corrected chi connectivity index (χ4v) is 4.31. The largest absolute Gasteiger partial charge is 0.459 e. The van der Waals surface area contributed by atoms with Crippen LogP contribution in [0.25, 0.3) is 0 Å². The maximum atomic E-state index is 11.9. The molecule has 0 aliphatic carbocycles. The fraction of sp³-hybridized carbons (Fsp3) is 0.333. The topological polar surface area (TPSA) is 92.5 Å². The van der Waals surface area contributed by atoms with Gasteiger partial charge in [0.25, 0.3) is 5.91 Å². The van der Waals surface area contributed by atoms with Gasteiger partial charge in [0.2, 0.25) is 0 Å². The molecule has 7 nitrogen and oxygen atoms in total. The first-order valence-electron chi connectivity index (χ1n) is 7.19. The summed E-state index contributed by atoms with van der Waals surface area (Å²) < 4.78 is 28.1. The standard InChI is InChI=1S/C15H17N3O4S/c1-18(12-6-8-23(20,21)10-12)14-5-4-11(9-16-14)17-15(19)13-3-2-7-22-13/h2-5,7,9,12H,6,8,10H2,1H3,(H,17,19). The zero-order valence-corrected chi connectivity index (χ0v) is 13.4. The van der Waals surface area contributed by atoms with E-state index in [1.807, 2.05) is 11.9 Å². The van der Waals surface area contributed by atoms with Crippen LogP contribution in [0.15, 0.2) is 41.1 Å². The second-order valence-corrected chi connectivity index (χ2v) is 7.73. The van der Waals surface area contributed by atoms with Crippen LogP contribution in [-0.2, 0) is 9.84 Å². The van der Waals surface area contributed by atoms with E-state index in [2.05, 4.69) is 10.3 Å². The summed E-state index contributed by atoms with van der Waals surface area (Å²) in [6, 6.07) is 6.63. The quantitative estimate of drug-likeness (QED) is 0.911. The number of sulfone groups is 1. The summed E-state index contributed by atoms with van der Waals surface area (Å²) >= 11 is 0. The Morgan fingerprint density at radius 3 is 2.78 bits per heavy atom. The molecule has 1 unspecified atom stereocenters. The molecule has 122 valence electrons. The highest BCUT2D eigenvalue weighted by atomic mass is 32.2. The number of rotatable bonds is 4. The van der Waals surface area contributed by atoms with Crippen molar-refractivity contribution in [2.24, 2.45) is 0 Å². The Labute approximate surface area is 134 Å². The fourth-order valence-electron chi connectivity index (χ4n) is 2.54. The Kier molecular flexibility index (Phi) is 4.08. The molecule has 0 aromatic carbocycles. The van der Waals surface area contributed by atoms with Gasteiger partial charge in [0, 0.05) is 13.1 Å². The van der Waals surface area contributed by atoms with Crippen LogP contribution in [0.1, 0.15) is 17.0 Å². The molecule has 0 saturated carbocycles. The first-order chi connectivity index (χ1) is 10.9. The lowest BCUT2D eigenvalue weighted by molar-refractivity contribution is 0.0996. The lowest BCUT2D eigenvalue weighted by Gasteiger charge is -2.24. The van der Waals surface area contributed by atoms with Crippen molar-refractivity contribution in [3.8, 4) is 0 Å². The van der Waals surface area contributed by atoms with Crippen molar-refractivity contribution in [2.45, 2.75) is 12.5 Å². The highest BCUT2D eigenvalue weighted by Crippen LogP contribution is 2.22. The number of anilines is 2. The molecule has 0 bridgehead atoms. The maximum Gasteiger partial charge on any atom is 0.291 e. The summed E-state index contributed by atoms with van der Waals surface area (Å²) in [6.07, 6.45) is 3.58. The van der Waals surface area contributed by atoms with Gasteiger partial charge < -0.3 is 14.6 Å². The van der Waals surface area contributed by atoms with Gasteiger partial charge in [-0.3, -0.25) is 4.79 Å². The van der Waals surface area contributed by atoms with Crippen molar-refractivity contribution >= 4 is 27.2 Å². The number of pyridine rings is 1.